The van der Waals surface area contributed by atoms with Crippen molar-refractivity contribution in [3.05, 3.63) is 75.3 Å². The zero-order chi connectivity index (χ0) is 15.7. The Balaban J connectivity index is 2.35. The Hall–Kier alpha value is -3.09. The van der Waals surface area contributed by atoms with Crippen molar-refractivity contribution in [2.45, 2.75) is 6.92 Å². The van der Waals surface area contributed by atoms with Gasteiger partial charge < -0.3 is 4.74 Å². The third-order valence-corrected chi connectivity index (χ3v) is 3.18. The van der Waals surface area contributed by atoms with E-state index < -0.39 is 17.3 Å². The third-order valence-electron chi connectivity index (χ3n) is 3.18. The molecule has 0 saturated carbocycles. The number of hydrogen-bond donors (Lipinski definition) is 0. The number of rotatable bonds is 3. The molecule has 3 aromatic rings. The fraction of sp³-hybridized carbons (Fsp3) is 0.133. The number of carbonyl (C=O) groups is 1. The normalized spacial score (nSPS) is 10.8. The highest BCUT2D eigenvalue weighted by molar-refractivity contribution is 5.87. The number of fused-ring (bicyclic) bond motifs is 1. The number of hydrogen-bond acceptors (Lipinski definition) is 4. The summed E-state index contributed by atoms with van der Waals surface area (Å²) >= 11 is 0. The monoisotopic (exact) mass is 299 g/mol. The standard InChI is InChI=1S/C15H13N3O4/c1-2-22-13(19)12-9-6-10-16-14(20)17(15(21)18(12)16)11-7-4-3-5-8-11/h3-10H,2H2,1H3. The molecule has 0 bridgehead atoms. The molecule has 3 rings (SSSR count). The summed E-state index contributed by atoms with van der Waals surface area (Å²) in [6, 6.07) is 11.5. The molecule has 7 nitrogen and oxygen atoms in total. The number of para-hydroxylation sites is 1. The maximum Gasteiger partial charge on any atom is 0.357 e. The summed E-state index contributed by atoms with van der Waals surface area (Å²) in [5.74, 6) is -0.659. The molecule has 0 aliphatic rings. The Morgan fingerprint density at radius 1 is 1.05 bits per heavy atom. The van der Waals surface area contributed by atoms with E-state index in [4.69, 9.17) is 4.74 Å². The van der Waals surface area contributed by atoms with E-state index in [1.54, 1.807) is 37.3 Å². The van der Waals surface area contributed by atoms with Gasteiger partial charge in [-0.1, -0.05) is 18.2 Å². The molecule has 0 radical (unpaired) electrons. The van der Waals surface area contributed by atoms with Crippen LogP contribution in [0.5, 0.6) is 0 Å². The van der Waals surface area contributed by atoms with Crippen LogP contribution in [0.15, 0.2) is 58.3 Å². The number of carbonyl (C=O) groups excluding carboxylic acids is 1. The molecule has 1 aromatic carbocycles. The van der Waals surface area contributed by atoms with Crippen molar-refractivity contribution in [1.29, 1.82) is 0 Å². The van der Waals surface area contributed by atoms with Crippen LogP contribution in [0.2, 0.25) is 0 Å². The number of benzene rings is 1. The lowest BCUT2D eigenvalue weighted by Gasteiger charge is -2.03. The van der Waals surface area contributed by atoms with Gasteiger partial charge in [-0.3, -0.25) is 0 Å². The predicted octanol–water partition coefficient (Wildman–Crippen LogP) is 0.727. The van der Waals surface area contributed by atoms with E-state index in [2.05, 4.69) is 0 Å². The van der Waals surface area contributed by atoms with Crippen LogP contribution in [0.3, 0.4) is 0 Å². The molecule has 0 unspecified atom stereocenters. The van der Waals surface area contributed by atoms with Gasteiger partial charge in [-0.2, -0.15) is 4.52 Å². The van der Waals surface area contributed by atoms with Gasteiger partial charge in [0.05, 0.1) is 12.3 Å². The zero-order valence-corrected chi connectivity index (χ0v) is 11.8. The van der Waals surface area contributed by atoms with Gasteiger partial charge in [-0.05, 0) is 31.2 Å². The largest absolute Gasteiger partial charge is 0.461 e. The minimum Gasteiger partial charge on any atom is -0.461 e. The van der Waals surface area contributed by atoms with Gasteiger partial charge in [0.1, 0.15) is 0 Å². The first-order valence-corrected chi connectivity index (χ1v) is 6.73. The highest BCUT2D eigenvalue weighted by Crippen LogP contribution is 2.03. The molecule has 0 aliphatic heterocycles. The smallest absolute Gasteiger partial charge is 0.357 e. The summed E-state index contributed by atoms with van der Waals surface area (Å²) in [5.41, 5.74) is -0.744. The second-order valence-electron chi connectivity index (χ2n) is 4.51. The first-order chi connectivity index (χ1) is 10.6. The van der Waals surface area contributed by atoms with Gasteiger partial charge in [0.15, 0.2) is 5.69 Å². The van der Waals surface area contributed by atoms with Crippen molar-refractivity contribution in [2.75, 3.05) is 6.61 Å². The molecule has 22 heavy (non-hydrogen) atoms. The number of aromatic nitrogens is 3. The van der Waals surface area contributed by atoms with Crippen LogP contribution >= 0.6 is 0 Å². The van der Waals surface area contributed by atoms with Gasteiger partial charge in [0.2, 0.25) is 0 Å². The van der Waals surface area contributed by atoms with Crippen molar-refractivity contribution in [3.63, 3.8) is 0 Å². The molecule has 0 N–H and O–H groups in total. The molecule has 0 atom stereocenters. The average Bonchev–Trinajstić information content (AvgIpc) is 2.80. The molecule has 0 saturated heterocycles. The Labute approximate surface area is 124 Å². The number of nitrogens with zero attached hydrogens (tertiary/aromatic N) is 3. The molecule has 0 aliphatic carbocycles. The van der Waals surface area contributed by atoms with Crippen LogP contribution in [0, 0.1) is 0 Å². The summed E-state index contributed by atoms with van der Waals surface area (Å²) in [6.45, 7) is 1.85. The number of esters is 1. The van der Waals surface area contributed by atoms with Crippen LogP contribution < -0.4 is 11.4 Å². The summed E-state index contributed by atoms with van der Waals surface area (Å²) in [6.07, 6.45) is 1.42. The minimum absolute atomic E-state index is 0.00105. The molecular weight excluding hydrogens is 286 g/mol. The van der Waals surface area contributed by atoms with Crippen LogP contribution in [0.25, 0.3) is 5.69 Å². The fourth-order valence-electron chi connectivity index (χ4n) is 2.25. The predicted molar refractivity (Wildman–Crippen MR) is 78.7 cm³/mol. The maximum absolute atomic E-state index is 12.6. The quantitative estimate of drug-likeness (QED) is 0.668. The lowest BCUT2D eigenvalue weighted by atomic mass is 10.3. The van der Waals surface area contributed by atoms with Gasteiger partial charge in [-0.15, -0.1) is 0 Å². The van der Waals surface area contributed by atoms with E-state index in [9.17, 15) is 14.4 Å². The Kier molecular flexibility index (Phi) is 3.38. The van der Waals surface area contributed by atoms with Crippen molar-refractivity contribution in [2.24, 2.45) is 0 Å². The topological polar surface area (TPSA) is 74.2 Å². The van der Waals surface area contributed by atoms with Crippen LogP contribution in [-0.2, 0) is 4.74 Å². The first kappa shape index (κ1) is 13.9. The van der Waals surface area contributed by atoms with Gasteiger partial charge in [0, 0.05) is 6.20 Å². The van der Waals surface area contributed by atoms with Gasteiger partial charge in [0.25, 0.3) is 0 Å². The van der Waals surface area contributed by atoms with E-state index in [-0.39, 0.29) is 12.3 Å². The van der Waals surface area contributed by atoms with Gasteiger partial charge >= 0.3 is 17.3 Å². The van der Waals surface area contributed by atoms with Crippen molar-refractivity contribution >= 4 is 5.97 Å². The second kappa shape index (κ2) is 5.36. The molecule has 7 heteroatoms. The highest BCUT2D eigenvalue weighted by Gasteiger charge is 2.18. The average molecular weight is 299 g/mol. The lowest BCUT2D eigenvalue weighted by molar-refractivity contribution is 0.0514. The number of ether oxygens (including phenoxy) is 1. The lowest BCUT2D eigenvalue weighted by Crippen LogP contribution is -2.26. The van der Waals surface area contributed by atoms with E-state index in [1.165, 1.54) is 18.3 Å². The van der Waals surface area contributed by atoms with E-state index in [1.807, 2.05) is 0 Å². The van der Waals surface area contributed by atoms with Crippen molar-refractivity contribution in [1.82, 2.24) is 13.6 Å². The van der Waals surface area contributed by atoms with E-state index in [0.29, 0.717) is 5.69 Å². The molecule has 0 fully saturated rings. The van der Waals surface area contributed by atoms with Gasteiger partial charge in [-0.25, -0.2) is 23.5 Å². The van der Waals surface area contributed by atoms with Crippen LogP contribution in [0.4, 0.5) is 0 Å². The molecule has 2 heterocycles. The summed E-state index contributed by atoms with van der Waals surface area (Å²) in [4.78, 5) is 37.0. The fourth-order valence-corrected chi connectivity index (χ4v) is 2.25. The summed E-state index contributed by atoms with van der Waals surface area (Å²) in [5, 5.41) is 0. The van der Waals surface area contributed by atoms with E-state index in [0.717, 1.165) is 13.6 Å². The first-order valence-electron chi connectivity index (χ1n) is 6.73. The minimum atomic E-state index is -0.659. The van der Waals surface area contributed by atoms with Crippen LogP contribution in [-0.4, -0.2) is 26.2 Å². The van der Waals surface area contributed by atoms with E-state index >= 15 is 0 Å². The molecule has 0 amide bonds. The summed E-state index contributed by atoms with van der Waals surface area (Å²) < 4.78 is 8.02. The SMILES string of the molecule is CCOC(=O)c1cccn2c(=O)n(-c3ccccc3)c(=O)n12. The zero-order valence-electron chi connectivity index (χ0n) is 11.8. The molecule has 0 spiro atoms. The Morgan fingerprint density at radius 2 is 1.77 bits per heavy atom. The molecular formula is C15H13N3O4. The Morgan fingerprint density at radius 3 is 2.45 bits per heavy atom. The summed E-state index contributed by atoms with van der Waals surface area (Å²) in [7, 11) is 0. The molecule has 2 aromatic heterocycles. The second-order valence-corrected chi connectivity index (χ2v) is 4.51. The Bertz CT molecular complexity index is 950. The van der Waals surface area contributed by atoms with Crippen molar-refractivity contribution < 1.29 is 9.53 Å². The third kappa shape index (κ3) is 2.03. The molecule has 112 valence electrons. The van der Waals surface area contributed by atoms with Crippen LogP contribution in [0.1, 0.15) is 17.4 Å². The van der Waals surface area contributed by atoms with Crippen molar-refractivity contribution in [3.8, 4) is 5.69 Å². The highest BCUT2D eigenvalue weighted by atomic mass is 16.5. The maximum atomic E-state index is 12.6.